The zero-order chi connectivity index (χ0) is 30.5. The van der Waals surface area contributed by atoms with E-state index in [0.29, 0.717) is 54.8 Å². The second-order valence-corrected chi connectivity index (χ2v) is 10.1. The monoisotopic (exact) mass is 582 g/mol. The Morgan fingerprint density at radius 2 is 1.88 bits per heavy atom. The number of nitrogens with two attached hydrogens (primary N) is 2. The number of nitrogen functional groups attached to an aromatic ring is 1. The van der Waals surface area contributed by atoms with Gasteiger partial charge in [-0.1, -0.05) is 13.0 Å². The molecule has 42 heavy (non-hydrogen) atoms. The van der Waals surface area contributed by atoms with Crippen molar-refractivity contribution in [2.75, 3.05) is 50.6 Å². The molecule has 230 valence electrons. The number of anilines is 3. The lowest BCUT2D eigenvalue weighted by molar-refractivity contribution is 0.118. The van der Waals surface area contributed by atoms with E-state index in [1.807, 2.05) is 36.4 Å². The number of aliphatic hydroxyl groups is 1. The number of hydrazine groups is 1. The summed E-state index contributed by atoms with van der Waals surface area (Å²) in [5.74, 6) is 9.70. The Morgan fingerprint density at radius 1 is 1.10 bits per heavy atom. The van der Waals surface area contributed by atoms with Gasteiger partial charge in [-0.15, -0.1) is 0 Å². The highest BCUT2D eigenvalue weighted by atomic mass is 16.5. The highest BCUT2D eigenvalue weighted by Gasteiger charge is 2.28. The van der Waals surface area contributed by atoms with Crippen LogP contribution in [0, 0.1) is 0 Å². The highest BCUT2D eigenvalue weighted by Crippen LogP contribution is 2.34. The van der Waals surface area contributed by atoms with E-state index < -0.39 is 0 Å². The molecule has 0 amide bonds. The fraction of sp³-hybridized carbons (Fsp3) is 0.484. The van der Waals surface area contributed by atoms with E-state index in [2.05, 4.69) is 21.8 Å². The maximum absolute atomic E-state index is 10.2. The molecule has 0 bridgehead atoms. The first-order chi connectivity index (χ1) is 20.3. The van der Waals surface area contributed by atoms with Crippen molar-refractivity contribution in [3.05, 3.63) is 65.9 Å². The predicted molar refractivity (Wildman–Crippen MR) is 166 cm³/mol. The van der Waals surface area contributed by atoms with E-state index in [-0.39, 0.29) is 12.1 Å². The Hall–Kier alpha value is -3.96. The fourth-order valence-electron chi connectivity index (χ4n) is 5.05. The van der Waals surface area contributed by atoms with Crippen molar-refractivity contribution in [2.45, 2.75) is 64.1 Å². The molecule has 1 aromatic heterocycles. The van der Waals surface area contributed by atoms with Gasteiger partial charge in [0.25, 0.3) is 0 Å². The zero-order valence-electron chi connectivity index (χ0n) is 25.5. The van der Waals surface area contributed by atoms with Crippen LogP contribution in [0.2, 0.25) is 0 Å². The van der Waals surface area contributed by atoms with Gasteiger partial charge in [0.1, 0.15) is 29.3 Å². The fourth-order valence-corrected chi connectivity index (χ4v) is 5.05. The molecule has 1 aliphatic rings. The molecule has 3 rings (SSSR count). The van der Waals surface area contributed by atoms with Crippen LogP contribution in [0.15, 0.2) is 60.3 Å². The number of aromatic nitrogens is 2. The molecule has 1 heterocycles. The van der Waals surface area contributed by atoms with Crippen LogP contribution in [0.25, 0.3) is 0 Å². The van der Waals surface area contributed by atoms with Gasteiger partial charge in [0.2, 0.25) is 0 Å². The number of methoxy groups -OCH3 is 4. The quantitative estimate of drug-likeness (QED) is 0.118. The normalized spacial score (nSPS) is 17.7. The topological polar surface area (TPSA) is 141 Å². The Bertz CT molecular complexity index is 1230. The van der Waals surface area contributed by atoms with Crippen molar-refractivity contribution in [3.8, 4) is 11.5 Å². The number of allylic oxidation sites excluding steroid dienone is 3. The lowest BCUT2D eigenvalue weighted by Crippen LogP contribution is -2.46. The summed E-state index contributed by atoms with van der Waals surface area (Å²) in [7, 11) is 6.53. The summed E-state index contributed by atoms with van der Waals surface area (Å²) in [4.78, 5) is 11.1. The third-order valence-electron chi connectivity index (χ3n) is 7.30. The van der Waals surface area contributed by atoms with Gasteiger partial charge in [-0.25, -0.2) is 15.8 Å². The van der Waals surface area contributed by atoms with Crippen molar-refractivity contribution in [3.63, 3.8) is 0 Å². The van der Waals surface area contributed by atoms with Gasteiger partial charge in [-0.2, -0.15) is 0 Å². The summed E-state index contributed by atoms with van der Waals surface area (Å²) in [6.07, 6.45) is 13.3. The van der Waals surface area contributed by atoms with Crippen LogP contribution in [-0.2, 0) is 16.0 Å². The average Bonchev–Trinajstić information content (AvgIpc) is 3.00. The van der Waals surface area contributed by atoms with E-state index in [1.165, 1.54) is 6.33 Å². The van der Waals surface area contributed by atoms with Gasteiger partial charge in [-0.3, -0.25) is 5.01 Å². The summed E-state index contributed by atoms with van der Waals surface area (Å²) in [6, 6.07) is 5.64. The maximum atomic E-state index is 10.2. The number of benzene rings is 1. The number of rotatable bonds is 15. The minimum atomic E-state index is -0.388. The van der Waals surface area contributed by atoms with E-state index >= 15 is 0 Å². The van der Waals surface area contributed by atoms with E-state index in [0.717, 1.165) is 42.6 Å². The third-order valence-corrected chi connectivity index (χ3v) is 7.30. The molecule has 1 aromatic carbocycles. The first-order valence-electron chi connectivity index (χ1n) is 14.3. The molecule has 0 radical (unpaired) electrons. The van der Waals surface area contributed by atoms with Crippen LogP contribution >= 0.6 is 0 Å². The van der Waals surface area contributed by atoms with E-state index in [4.69, 9.17) is 30.5 Å². The van der Waals surface area contributed by atoms with Crippen LogP contribution in [-0.4, -0.2) is 62.2 Å². The summed E-state index contributed by atoms with van der Waals surface area (Å²) >= 11 is 0. The highest BCUT2D eigenvalue weighted by molar-refractivity contribution is 5.75. The summed E-state index contributed by atoms with van der Waals surface area (Å²) in [5.41, 5.74) is 8.98. The first kappa shape index (κ1) is 32.6. The maximum Gasteiger partial charge on any atom is 0.171 e. The SMILES string of the molecule is CC\C=C(/C=C\C(=C\OC)CCN(Cc1ccc(OC)cc1OC)c1ncnc(N(N)C2CCCC(O)C2)c1N)OC. The van der Waals surface area contributed by atoms with Crippen molar-refractivity contribution < 1.29 is 24.1 Å². The Balaban J connectivity index is 1.97. The van der Waals surface area contributed by atoms with Crippen LogP contribution < -0.4 is 31.0 Å². The summed E-state index contributed by atoms with van der Waals surface area (Å²) < 4.78 is 21.9. The molecule has 2 atom stereocenters. The Kier molecular flexibility index (Phi) is 12.8. The van der Waals surface area contributed by atoms with Gasteiger partial charge in [0.05, 0.1) is 40.8 Å². The second-order valence-electron chi connectivity index (χ2n) is 10.1. The van der Waals surface area contributed by atoms with Gasteiger partial charge < -0.3 is 34.7 Å². The molecular weight excluding hydrogens is 536 g/mol. The zero-order valence-corrected chi connectivity index (χ0v) is 25.5. The lowest BCUT2D eigenvalue weighted by Gasteiger charge is -2.34. The van der Waals surface area contributed by atoms with Gasteiger partial charge in [-0.05, 0) is 68.4 Å². The number of hydrogen-bond donors (Lipinski definition) is 3. The van der Waals surface area contributed by atoms with Crippen molar-refractivity contribution >= 4 is 17.3 Å². The molecule has 11 nitrogen and oxygen atoms in total. The molecule has 2 aromatic rings. The molecule has 5 N–H and O–H groups in total. The standard InChI is InChI=1S/C31H46N6O5/c1-6-8-26(40-3)13-11-22(20-39-2)15-16-36(19-23-12-14-27(41-4)18-28(23)42-5)30-29(32)31(35-21-34-30)37(33)24-9-7-10-25(38)17-24/h8,11-14,18,20-21,24-25,38H,6-7,9-10,15-17,19,32-33H2,1-5H3/b13-11-,22-20-,26-8+. The first-order valence-corrected chi connectivity index (χ1v) is 14.3. The molecule has 0 aliphatic heterocycles. The van der Waals surface area contributed by atoms with Crippen molar-refractivity contribution in [1.29, 1.82) is 0 Å². The third kappa shape index (κ3) is 8.77. The molecular formula is C31H46N6O5. The van der Waals surface area contributed by atoms with Crippen LogP contribution in [0.1, 0.15) is 51.0 Å². The van der Waals surface area contributed by atoms with E-state index in [1.54, 1.807) is 39.7 Å². The molecule has 1 fully saturated rings. The number of ether oxygens (including phenoxy) is 4. The molecule has 0 spiro atoms. The molecule has 0 saturated heterocycles. The smallest absolute Gasteiger partial charge is 0.171 e. The van der Waals surface area contributed by atoms with Crippen molar-refractivity contribution in [2.24, 2.45) is 5.84 Å². The Morgan fingerprint density at radius 3 is 2.55 bits per heavy atom. The molecule has 11 heteroatoms. The average molecular weight is 583 g/mol. The molecule has 1 aliphatic carbocycles. The minimum absolute atomic E-state index is 0.0681. The van der Waals surface area contributed by atoms with Gasteiger partial charge >= 0.3 is 0 Å². The van der Waals surface area contributed by atoms with Crippen LogP contribution in [0.5, 0.6) is 11.5 Å². The minimum Gasteiger partial charge on any atom is -0.504 e. The van der Waals surface area contributed by atoms with Crippen LogP contribution in [0.3, 0.4) is 0 Å². The lowest BCUT2D eigenvalue weighted by atomic mass is 9.92. The summed E-state index contributed by atoms with van der Waals surface area (Å²) in [5, 5.41) is 11.8. The second kappa shape index (κ2) is 16.5. The Labute approximate surface area is 249 Å². The van der Waals surface area contributed by atoms with Crippen molar-refractivity contribution in [1.82, 2.24) is 9.97 Å². The van der Waals surface area contributed by atoms with Crippen LogP contribution in [0.4, 0.5) is 17.3 Å². The molecule has 2 unspecified atom stereocenters. The van der Waals surface area contributed by atoms with E-state index in [9.17, 15) is 5.11 Å². The molecule has 1 saturated carbocycles. The largest absolute Gasteiger partial charge is 0.504 e. The number of nitrogens with zero attached hydrogens (tertiary/aromatic N) is 4. The number of hydrogen-bond acceptors (Lipinski definition) is 11. The van der Waals surface area contributed by atoms with Gasteiger partial charge in [0, 0.05) is 30.8 Å². The number of aliphatic hydroxyl groups excluding tert-OH is 1. The van der Waals surface area contributed by atoms with Gasteiger partial charge in [0.15, 0.2) is 11.6 Å². The predicted octanol–water partition coefficient (Wildman–Crippen LogP) is 4.48. The summed E-state index contributed by atoms with van der Waals surface area (Å²) in [6.45, 7) is 3.05.